The number of sulfonamides is 1. The number of anilines is 1. The molecule has 2 rings (SSSR count). The Hall–Kier alpha value is -1.61. The lowest BCUT2D eigenvalue weighted by Gasteiger charge is -2.17. The lowest BCUT2D eigenvalue weighted by atomic mass is 10.3. The maximum atomic E-state index is 12.6. The van der Waals surface area contributed by atoms with Crippen molar-refractivity contribution in [1.29, 1.82) is 0 Å². The number of carbonyl (C=O) groups excluding carboxylic acids is 1. The van der Waals surface area contributed by atoms with Crippen LogP contribution in [0.2, 0.25) is 10.0 Å². The number of benzene rings is 1. The van der Waals surface area contributed by atoms with Gasteiger partial charge in [0.05, 0.1) is 22.3 Å². The second-order valence-electron chi connectivity index (χ2n) is 5.06. The van der Waals surface area contributed by atoms with Crippen LogP contribution in [0.1, 0.15) is 11.5 Å². The van der Waals surface area contributed by atoms with Crippen LogP contribution in [0.15, 0.2) is 27.6 Å². The van der Waals surface area contributed by atoms with Crippen LogP contribution < -0.4 is 5.32 Å². The van der Waals surface area contributed by atoms with Crippen LogP contribution in [0.25, 0.3) is 0 Å². The molecule has 0 unspecified atom stereocenters. The molecule has 24 heavy (non-hydrogen) atoms. The van der Waals surface area contributed by atoms with E-state index >= 15 is 0 Å². The number of nitrogens with zero attached hydrogens (tertiary/aromatic N) is 2. The van der Waals surface area contributed by atoms with Crippen LogP contribution in [-0.4, -0.2) is 37.4 Å². The van der Waals surface area contributed by atoms with Crippen LogP contribution in [-0.2, 0) is 14.8 Å². The van der Waals surface area contributed by atoms with Crippen LogP contribution in [0.3, 0.4) is 0 Å². The molecule has 0 radical (unpaired) electrons. The zero-order valence-corrected chi connectivity index (χ0v) is 15.5. The second kappa shape index (κ2) is 7.10. The summed E-state index contributed by atoms with van der Waals surface area (Å²) in [7, 11) is -2.63. The fourth-order valence-corrected chi connectivity index (χ4v) is 3.98. The number of para-hydroxylation sites is 1. The Morgan fingerprint density at radius 2 is 1.88 bits per heavy atom. The van der Waals surface area contributed by atoms with Gasteiger partial charge in [-0.1, -0.05) is 34.4 Å². The molecule has 0 fully saturated rings. The van der Waals surface area contributed by atoms with Gasteiger partial charge in [-0.25, -0.2) is 8.42 Å². The zero-order valence-electron chi connectivity index (χ0n) is 13.1. The summed E-state index contributed by atoms with van der Waals surface area (Å²) in [6.45, 7) is 2.58. The van der Waals surface area contributed by atoms with Gasteiger partial charge in [-0.2, -0.15) is 4.31 Å². The maximum absolute atomic E-state index is 12.6. The van der Waals surface area contributed by atoms with E-state index in [2.05, 4.69) is 10.5 Å². The van der Waals surface area contributed by atoms with Gasteiger partial charge in [0.25, 0.3) is 0 Å². The SMILES string of the molecule is Cc1noc(C)c1S(=O)(=O)N(C)CC(=O)Nc1c(Cl)cccc1Cl. The minimum atomic E-state index is -3.91. The van der Waals surface area contributed by atoms with Gasteiger partial charge >= 0.3 is 0 Å². The first-order valence-corrected chi connectivity index (χ1v) is 8.97. The Bertz CT molecular complexity index is 840. The molecule has 0 saturated heterocycles. The normalized spacial score (nSPS) is 11.8. The Labute approximate surface area is 149 Å². The molecule has 1 aromatic heterocycles. The minimum absolute atomic E-state index is 0.0476. The highest BCUT2D eigenvalue weighted by Gasteiger charge is 2.29. The average Bonchev–Trinajstić information content (AvgIpc) is 2.82. The standard InChI is InChI=1S/C14H15Cl2N3O4S/c1-8-14(9(2)23-18-8)24(21,22)19(3)7-12(20)17-13-10(15)5-4-6-11(13)16/h4-6H,7H2,1-3H3,(H,17,20). The predicted octanol–water partition coefficient (Wildman–Crippen LogP) is 2.86. The molecule has 130 valence electrons. The third kappa shape index (κ3) is 3.72. The van der Waals surface area contributed by atoms with Gasteiger partial charge in [-0.3, -0.25) is 4.79 Å². The molecule has 0 atom stereocenters. The van der Waals surface area contributed by atoms with Crippen LogP contribution in [0.5, 0.6) is 0 Å². The monoisotopic (exact) mass is 391 g/mol. The van der Waals surface area contributed by atoms with Crippen molar-refractivity contribution < 1.29 is 17.7 Å². The number of amides is 1. The van der Waals surface area contributed by atoms with Gasteiger partial charge in [0, 0.05) is 7.05 Å². The molecule has 0 spiro atoms. The van der Waals surface area contributed by atoms with Crippen LogP contribution in [0.4, 0.5) is 5.69 Å². The first kappa shape index (κ1) is 18.7. The lowest BCUT2D eigenvalue weighted by molar-refractivity contribution is -0.116. The van der Waals surface area contributed by atoms with E-state index in [0.29, 0.717) is 0 Å². The fourth-order valence-electron chi connectivity index (χ4n) is 2.08. The summed E-state index contributed by atoms with van der Waals surface area (Å²) >= 11 is 11.9. The number of hydrogen-bond donors (Lipinski definition) is 1. The Kier molecular flexibility index (Phi) is 5.54. The van der Waals surface area contributed by atoms with Crippen molar-refractivity contribution in [2.45, 2.75) is 18.7 Å². The van der Waals surface area contributed by atoms with E-state index in [0.717, 1.165) is 4.31 Å². The summed E-state index contributed by atoms with van der Waals surface area (Å²) in [6.07, 6.45) is 0. The fraction of sp³-hybridized carbons (Fsp3) is 0.286. The zero-order chi connectivity index (χ0) is 18.1. The lowest BCUT2D eigenvalue weighted by Crippen LogP contribution is -2.35. The molecule has 0 saturated carbocycles. The van der Waals surface area contributed by atoms with Crippen molar-refractivity contribution in [3.8, 4) is 0 Å². The smallest absolute Gasteiger partial charge is 0.248 e. The number of aryl methyl sites for hydroxylation is 2. The van der Waals surface area contributed by atoms with Gasteiger partial charge in [-0.15, -0.1) is 0 Å². The number of carbonyl (C=O) groups is 1. The topological polar surface area (TPSA) is 92.5 Å². The molecule has 7 nitrogen and oxygen atoms in total. The number of nitrogens with one attached hydrogen (secondary N) is 1. The van der Waals surface area contributed by atoms with E-state index in [4.69, 9.17) is 27.7 Å². The Morgan fingerprint density at radius 1 is 1.29 bits per heavy atom. The molecule has 1 aromatic carbocycles. The van der Waals surface area contributed by atoms with E-state index in [1.165, 1.54) is 20.9 Å². The summed E-state index contributed by atoms with van der Waals surface area (Å²) in [5, 5.41) is 6.64. The molecule has 10 heteroatoms. The molecular weight excluding hydrogens is 377 g/mol. The van der Waals surface area contributed by atoms with Crippen LogP contribution in [0, 0.1) is 13.8 Å². The molecule has 0 aliphatic rings. The molecule has 0 aliphatic heterocycles. The molecular formula is C14H15Cl2N3O4S. The number of aromatic nitrogens is 1. The number of halogens is 2. The largest absolute Gasteiger partial charge is 0.360 e. The number of hydrogen-bond acceptors (Lipinski definition) is 5. The number of rotatable bonds is 5. The highest BCUT2D eigenvalue weighted by molar-refractivity contribution is 7.89. The van der Waals surface area contributed by atoms with E-state index < -0.39 is 22.5 Å². The molecule has 1 amide bonds. The van der Waals surface area contributed by atoms with Gasteiger partial charge < -0.3 is 9.84 Å². The Morgan fingerprint density at radius 3 is 2.38 bits per heavy atom. The van der Waals surface area contributed by atoms with Crippen LogP contribution >= 0.6 is 23.2 Å². The first-order chi connectivity index (χ1) is 11.1. The maximum Gasteiger partial charge on any atom is 0.248 e. The molecule has 0 bridgehead atoms. The quantitative estimate of drug-likeness (QED) is 0.845. The van der Waals surface area contributed by atoms with Gasteiger partial charge in [0.1, 0.15) is 10.6 Å². The van der Waals surface area contributed by atoms with E-state index in [1.807, 2.05) is 0 Å². The molecule has 1 N–H and O–H groups in total. The van der Waals surface area contributed by atoms with E-state index in [1.54, 1.807) is 18.2 Å². The highest BCUT2D eigenvalue weighted by Crippen LogP contribution is 2.30. The summed E-state index contributed by atoms with van der Waals surface area (Å²) in [6, 6.07) is 4.76. The molecule has 2 aromatic rings. The summed E-state index contributed by atoms with van der Waals surface area (Å²) in [4.78, 5) is 12.1. The van der Waals surface area contributed by atoms with E-state index in [-0.39, 0.29) is 32.1 Å². The van der Waals surface area contributed by atoms with Crippen molar-refractivity contribution >= 4 is 44.8 Å². The average molecular weight is 392 g/mol. The van der Waals surface area contributed by atoms with Crippen molar-refractivity contribution in [3.05, 3.63) is 39.7 Å². The van der Waals surface area contributed by atoms with Gasteiger partial charge in [-0.05, 0) is 26.0 Å². The number of likely N-dealkylation sites (N-methyl/N-ethyl adjacent to an activating group) is 1. The van der Waals surface area contributed by atoms with Gasteiger partial charge in [0.2, 0.25) is 15.9 Å². The van der Waals surface area contributed by atoms with E-state index in [9.17, 15) is 13.2 Å². The Balaban J connectivity index is 2.17. The van der Waals surface area contributed by atoms with Crippen molar-refractivity contribution in [3.63, 3.8) is 0 Å². The van der Waals surface area contributed by atoms with Crippen molar-refractivity contribution in [1.82, 2.24) is 9.46 Å². The third-order valence-electron chi connectivity index (χ3n) is 3.23. The molecule has 1 heterocycles. The predicted molar refractivity (Wildman–Crippen MR) is 90.9 cm³/mol. The highest BCUT2D eigenvalue weighted by atomic mass is 35.5. The van der Waals surface area contributed by atoms with Crippen molar-refractivity contribution in [2.24, 2.45) is 0 Å². The first-order valence-electron chi connectivity index (χ1n) is 6.77. The van der Waals surface area contributed by atoms with Gasteiger partial charge in [0.15, 0.2) is 5.76 Å². The minimum Gasteiger partial charge on any atom is -0.360 e. The summed E-state index contributed by atoms with van der Waals surface area (Å²) < 4.78 is 30.9. The summed E-state index contributed by atoms with van der Waals surface area (Å²) in [5.74, 6) is -0.420. The summed E-state index contributed by atoms with van der Waals surface area (Å²) in [5.41, 5.74) is 0.461. The second-order valence-corrected chi connectivity index (χ2v) is 7.86. The van der Waals surface area contributed by atoms with Crippen molar-refractivity contribution in [2.75, 3.05) is 18.9 Å². The third-order valence-corrected chi connectivity index (χ3v) is 5.91. The molecule has 0 aliphatic carbocycles.